The molecule has 0 aliphatic rings. The van der Waals surface area contributed by atoms with Gasteiger partial charge in [0.1, 0.15) is 5.82 Å². The van der Waals surface area contributed by atoms with Gasteiger partial charge in [0.05, 0.1) is 0 Å². The van der Waals surface area contributed by atoms with E-state index in [0.717, 1.165) is 5.56 Å². The Hall–Kier alpha value is -0.890. The summed E-state index contributed by atoms with van der Waals surface area (Å²) in [5.41, 5.74) is 1.14. The summed E-state index contributed by atoms with van der Waals surface area (Å²) in [4.78, 5) is 0. The van der Waals surface area contributed by atoms with E-state index in [1.54, 1.807) is 0 Å². The second-order valence-electron chi connectivity index (χ2n) is 4.13. The molecule has 0 saturated carbocycles. The summed E-state index contributed by atoms with van der Waals surface area (Å²) < 4.78 is 12.7. The average molecular weight is 209 g/mol. The molecule has 0 bridgehead atoms. The molecule has 1 aromatic rings. The summed E-state index contributed by atoms with van der Waals surface area (Å²) in [5, 5.41) is 3.49. The zero-order chi connectivity index (χ0) is 11.3. The lowest BCUT2D eigenvalue weighted by Crippen LogP contribution is -2.28. The maximum absolute atomic E-state index is 12.7. The Morgan fingerprint density at radius 3 is 2.33 bits per heavy atom. The highest BCUT2D eigenvalue weighted by Crippen LogP contribution is 2.14. The van der Waals surface area contributed by atoms with Gasteiger partial charge < -0.3 is 5.32 Å². The number of rotatable bonds is 5. The third-order valence-electron chi connectivity index (χ3n) is 2.63. The largest absolute Gasteiger partial charge is 0.308 e. The topological polar surface area (TPSA) is 12.0 Å². The van der Waals surface area contributed by atoms with E-state index in [-0.39, 0.29) is 11.9 Å². The van der Waals surface area contributed by atoms with Gasteiger partial charge in [-0.3, -0.25) is 0 Å². The summed E-state index contributed by atoms with van der Waals surface area (Å²) in [5.74, 6) is -0.174. The van der Waals surface area contributed by atoms with Crippen LogP contribution in [0, 0.1) is 5.82 Å². The van der Waals surface area contributed by atoms with E-state index in [2.05, 4.69) is 26.1 Å². The van der Waals surface area contributed by atoms with Crippen LogP contribution in [0.5, 0.6) is 0 Å². The standard InChI is InChI=1S/C13H20FN/c1-4-5-10(2)15-11(3)12-6-8-13(14)9-7-12/h6-11,15H,4-5H2,1-3H3/t10?,11-/m1/s1. The molecule has 0 heterocycles. The van der Waals surface area contributed by atoms with E-state index in [1.165, 1.54) is 25.0 Å². The molecular formula is C13H20FN. The predicted molar refractivity (Wildman–Crippen MR) is 62.3 cm³/mol. The molecule has 0 aliphatic carbocycles. The van der Waals surface area contributed by atoms with E-state index in [9.17, 15) is 4.39 Å². The summed E-state index contributed by atoms with van der Waals surface area (Å²) in [6.45, 7) is 6.48. The molecular weight excluding hydrogens is 189 g/mol. The van der Waals surface area contributed by atoms with Crippen LogP contribution in [0.3, 0.4) is 0 Å². The van der Waals surface area contributed by atoms with Crippen molar-refractivity contribution in [2.45, 2.75) is 45.7 Å². The van der Waals surface area contributed by atoms with Crippen molar-refractivity contribution in [3.8, 4) is 0 Å². The SMILES string of the molecule is CCCC(C)N[C@H](C)c1ccc(F)cc1. The van der Waals surface area contributed by atoms with E-state index in [1.807, 2.05) is 12.1 Å². The Morgan fingerprint density at radius 2 is 1.80 bits per heavy atom. The second-order valence-corrected chi connectivity index (χ2v) is 4.13. The number of hydrogen-bond acceptors (Lipinski definition) is 1. The Morgan fingerprint density at radius 1 is 1.20 bits per heavy atom. The third-order valence-corrected chi connectivity index (χ3v) is 2.63. The van der Waals surface area contributed by atoms with Crippen LogP contribution in [0.15, 0.2) is 24.3 Å². The molecule has 0 radical (unpaired) electrons. The van der Waals surface area contributed by atoms with Gasteiger partial charge in [-0.05, 0) is 38.0 Å². The quantitative estimate of drug-likeness (QED) is 0.780. The van der Waals surface area contributed by atoms with Crippen LogP contribution >= 0.6 is 0 Å². The maximum Gasteiger partial charge on any atom is 0.123 e. The van der Waals surface area contributed by atoms with E-state index in [4.69, 9.17) is 0 Å². The fourth-order valence-electron chi connectivity index (χ4n) is 1.79. The first-order valence-electron chi connectivity index (χ1n) is 5.65. The minimum Gasteiger partial charge on any atom is -0.308 e. The Kier molecular flexibility index (Phi) is 4.76. The molecule has 0 amide bonds. The highest BCUT2D eigenvalue weighted by Gasteiger charge is 2.08. The second kappa shape index (κ2) is 5.86. The molecule has 0 spiro atoms. The molecule has 0 aromatic heterocycles. The lowest BCUT2D eigenvalue weighted by molar-refractivity contribution is 0.452. The molecule has 1 unspecified atom stereocenters. The molecule has 84 valence electrons. The van der Waals surface area contributed by atoms with E-state index in [0.29, 0.717) is 6.04 Å². The average Bonchev–Trinajstić information content (AvgIpc) is 2.18. The van der Waals surface area contributed by atoms with Crippen molar-refractivity contribution in [3.05, 3.63) is 35.6 Å². The summed E-state index contributed by atoms with van der Waals surface area (Å²) in [7, 11) is 0. The molecule has 15 heavy (non-hydrogen) atoms. The summed E-state index contributed by atoms with van der Waals surface area (Å²) in [6, 6.07) is 7.50. The van der Waals surface area contributed by atoms with Crippen LogP contribution in [0.2, 0.25) is 0 Å². The van der Waals surface area contributed by atoms with Crippen molar-refractivity contribution >= 4 is 0 Å². The molecule has 1 nitrogen and oxygen atoms in total. The molecule has 1 rings (SSSR count). The minimum absolute atomic E-state index is 0.174. The maximum atomic E-state index is 12.7. The van der Waals surface area contributed by atoms with Gasteiger partial charge in [-0.2, -0.15) is 0 Å². The van der Waals surface area contributed by atoms with E-state index < -0.39 is 0 Å². The fraction of sp³-hybridized carbons (Fsp3) is 0.538. The first-order chi connectivity index (χ1) is 7.13. The molecule has 0 saturated heterocycles. The normalized spacial score (nSPS) is 14.9. The van der Waals surface area contributed by atoms with Crippen LogP contribution < -0.4 is 5.32 Å². The number of halogens is 1. The zero-order valence-corrected chi connectivity index (χ0v) is 9.76. The van der Waals surface area contributed by atoms with E-state index >= 15 is 0 Å². The highest BCUT2D eigenvalue weighted by molar-refractivity contribution is 5.19. The highest BCUT2D eigenvalue weighted by atomic mass is 19.1. The number of nitrogens with one attached hydrogen (secondary N) is 1. The fourth-order valence-corrected chi connectivity index (χ4v) is 1.79. The van der Waals surface area contributed by atoms with Gasteiger partial charge in [-0.15, -0.1) is 0 Å². The molecule has 1 aromatic carbocycles. The molecule has 0 aliphatic heterocycles. The van der Waals surface area contributed by atoms with Gasteiger partial charge in [0, 0.05) is 12.1 Å². The Labute approximate surface area is 91.7 Å². The van der Waals surface area contributed by atoms with Crippen molar-refractivity contribution < 1.29 is 4.39 Å². The zero-order valence-electron chi connectivity index (χ0n) is 9.76. The Balaban J connectivity index is 2.53. The number of benzene rings is 1. The van der Waals surface area contributed by atoms with Gasteiger partial charge >= 0.3 is 0 Å². The monoisotopic (exact) mass is 209 g/mol. The van der Waals surface area contributed by atoms with Crippen molar-refractivity contribution in [2.75, 3.05) is 0 Å². The molecule has 2 atom stereocenters. The third kappa shape index (κ3) is 4.00. The minimum atomic E-state index is -0.174. The molecule has 2 heteroatoms. The van der Waals surface area contributed by atoms with Gasteiger partial charge in [-0.25, -0.2) is 4.39 Å². The van der Waals surface area contributed by atoms with Crippen molar-refractivity contribution in [2.24, 2.45) is 0 Å². The van der Waals surface area contributed by atoms with Gasteiger partial charge in [0.15, 0.2) is 0 Å². The van der Waals surface area contributed by atoms with Crippen LogP contribution in [0.25, 0.3) is 0 Å². The van der Waals surface area contributed by atoms with Crippen molar-refractivity contribution in [1.29, 1.82) is 0 Å². The number of hydrogen-bond donors (Lipinski definition) is 1. The smallest absolute Gasteiger partial charge is 0.123 e. The van der Waals surface area contributed by atoms with Crippen LogP contribution in [0.1, 0.15) is 45.2 Å². The Bertz CT molecular complexity index is 281. The van der Waals surface area contributed by atoms with Gasteiger partial charge in [0.25, 0.3) is 0 Å². The molecule has 1 N–H and O–H groups in total. The summed E-state index contributed by atoms with van der Waals surface area (Å²) >= 11 is 0. The first kappa shape index (κ1) is 12.2. The van der Waals surface area contributed by atoms with Crippen LogP contribution in [-0.2, 0) is 0 Å². The van der Waals surface area contributed by atoms with Crippen molar-refractivity contribution in [1.82, 2.24) is 5.32 Å². The van der Waals surface area contributed by atoms with Crippen LogP contribution in [0.4, 0.5) is 4.39 Å². The molecule has 0 fully saturated rings. The van der Waals surface area contributed by atoms with Crippen molar-refractivity contribution in [3.63, 3.8) is 0 Å². The van der Waals surface area contributed by atoms with Gasteiger partial charge in [-0.1, -0.05) is 25.5 Å². The van der Waals surface area contributed by atoms with Gasteiger partial charge in [0.2, 0.25) is 0 Å². The van der Waals surface area contributed by atoms with Crippen LogP contribution in [-0.4, -0.2) is 6.04 Å². The lowest BCUT2D eigenvalue weighted by atomic mass is 10.1. The lowest BCUT2D eigenvalue weighted by Gasteiger charge is -2.19. The first-order valence-corrected chi connectivity index (χ1v) is 5.65. The summed E-state index contributed by atoms with van der Waals surface area (Å²) in [6.07, 6.45) is 2.36. The predicted octanol–water partition coefficient (Wildman–Crippen LogP) is 3.66.